The van der Waals surface area contributed by atoms with E-state index < -0.39 is 0 Å². The molecule has 0 saturated carbocycles. The van der Waals surface area contributed by atoms with Gasteiger partial charge in [0.25, 0.3) is 0 Å². The van der Waals surface area contributed by atoms with Crippen molar-refractivity contribution in [1.82, 2.24) is 5.43 Å². The van der Waals surface area contributed by atoms with E-state index in [2.05, 4.69) is 15.7 Å². The quantitative estimate of drug-likeness (QED) is 0.299. The minimum atomic E-state index is -0.334. The van der Waals surface area contributed by atoms with E-state index in [-0.39, 0.29) is 5.82 Å². The average Bonchev–Trinajstić information content (AvgIpc) is 2.22. The summed E-state index contributed by atoms with van der Waals surface area (Å²) in [4.78, 5) is 4.01. The highest BCUT2D eigenvalue weighted by atomic mass is 19.1. The minimum absolute atomic E-state index is 0.334. The molecule has 82 valence electrons. The van der Waals surface area contributed by atoms with Crippen LogP contribution >= 0.6 is 0 Å². The van der Waals surface area contributed by atoms with Gasteiger partial charge in [0.2, 0.25) is 5.96 Å². The largest absolute Gasteiger partial charge is 0.323 e. The van der Waals surface area contributed by atoms with Gasteiger partial charge in [0.15, 0.2) is 0 Å². The molecule has 0 atom stereocenters. The Balaban J connectivity index is 2.87. The number of nitrogens with two attached hydrogens (primary N) is 1. The van der Waals surface area contributed by atoms with E-state index in [0.717, 1.165) is 5.56 Å². The molecule has 0 aliphatic carbocycles. The summed E-state index contributed by atoms with van der Waals surface area (Å²) < 4.78 is 13.3. The van der Waals surface area contributed by atoms with E-state index in [1.54, 1.807) is 12.1 Å². The molecule has 15 heavy (non-hydrogen) atoms. The average molecular weight is 210 g/mol. The minimum Gasteiger partial charge on any atom is -0.323 e. The molecule has 0 spiro atoms. The van der Waals surface area contributed by atoms with Crippen LogP contribution in [0.2, 0.25) is 0 Å². The van der Waals surface area contributed by atoms with Gasteiger partial charge in [-0.25, -0.2) is 10.2 Å². The van der Waals surface area contributed by atoms with Gasteiger partial charge in [-0.05, 0) is 31.5 Å². The molecule has 1 aromatic rings. The lowest BCUT2D eigenvalue weighted by atomic mass is 10.2. The van der Waals surface area contributed by atoms with E-state index >= 15 is 0 Å². The number of halogens is 1. The second kappa shape index (κ2) is 5.31. The molecule has 0 radical (unpaired) electrons. The molecule has 0 bridgehead atoms. The number of hydrogen-bond donors (Lipinski definition) is 3. The lowest BCUT2D eigenvalue weighted by Crippen LogP contribution is -2.36. The monoisotopic (exact) mass is 210 g/mol. The summed E-state index contributed by atoms with van der Waals surface area (Å²) in [7, 11) is 0. The van der Waals surface area contributed by atoms with E-state index in [1.807, 2.05) is 13.8 Å². The fourth-order valence-corrected chi connectivity index (χ4v) is 1.14. The lowest BCUT2D eigenvalue weighted by molar-refractivity contribution is 0.631. The Labute approximate surface area is 88.4 Å². The standard InChI is InChI=1S/C10H15FN4/c1-3-13-10(15-12)14-9-6-7(2)4-5-8(9)11/h4-6H,3,12H2,1-2H3,(H2,13,14,15). The van der Waals surface area contributed by atoms with E-state index in [0.29, 0.717) is 18.2 Å². The highest BCUT2D eigenvalue weighted by Crippen LogP contribution is 2.15. The van der Waals surface area contributed by atoms with Crippen LogP contribution in [0.15, 0.2) is 23.2 Å². The first-order chi connectivity index (χ1) is 7.17. The maximum atomic E-state index is 13.3. The van der Waals surface area contributed by atoms with Gasteiger partial charge >= 0.3 is 0 Å². The third-order valence-electron chi connectivity index (χ3n) is 1.83. The number of hydrazine groups is 1. The molecule has 4 N–H and O–H groups in total. The van der Waals surface area contributed by atoms with Gasteiger partial charge in [-0.1, -0.05) is 6.07 Å². The molecule has 1 aromatic carbocycles. The zero-order valence-corrected chi connectivity index (χ0v) is 8.84. The summed E-state index contributed by atoms with van der Waals surface area (Å²) in [6.45, 7) is 4.32. The maximum absolute atomic E-state index is 13.3. The zero-order chi connectivity index (χ0) is 11.3. The Morgan fingerprint density at radius 3 is 2.87 bits per heavy atom. The highest BCUT2D eigenvalue weighted by molar-refractivity contribution is 5.93. The molecule has 0 amide bonds. The van der Waals surface area contributed by atoms with Crippen molar-refractivity contribution in [2.24, 2.45) is 10.8 Å². The predicted octanol–water partition coefficient (Wildman–Crippen LogP) is 1.39. The van der Waals surface area contributed by atoms with Gasteiger partial charge in [0, 0.05) is 6.54 Å². The molecule has 1 rings (SSSR count). The van der Waals surface area contributed by atoms with Crippen LogP contribution in [0.1, 0.15) is 12.5 Å². The van der Waals surface area contributed by atoms with Crippen LogP contribution < -0.4 is 16.6 Å². The van der Waals surface area contributed by atoms with Gasteiger partial charge in [0.05, 0.1) is 5.69 Å². The third kappa shape index (κ3) is 3.21. The smallest absolute Gasteiger partial charge is 0.210 e. The van der Waals surface area contributed by atoms with E-state index in [9.17, 15) is 4.39 Å². The Hall–Kier alpha value is -1.62. The number of nitrogens with zero attached hydrogens (tertiary/aromatic N) is 1. The predicted molar refractivity (Wildman–Crippen MR) is 60.1 cm³/mol. The first-order valence-electron chi connectivity index (χ1n) is 4.71. The first-order valence-corrected chi connectivity index (χ1v) is 4.71. The SMILES string of the molecule is CCN=C(NN)Nc1cc(C)ccc1F. The van der Waals surface area contributed by atoms with Gasteiger partial charge in [-0.2, -0.15) is 0 Å². The van der Waals surface area contributed by atoms with Crippen molar-refractivity contribution >= 4 is 11.6 Å². The number of aryl methyl sites for hydroxylation is 1. The van der Waals surface area contributed by atoms with Crippen molar-refractivity contribution in [2.75, 3.05) is 11.9 Å². The Bertz CT molecular complexity index is 362. The molecular formula is C10H15FN4. The second-order valence-corrected chi connectivity index (χ2v) is 3.08. The summed E-state index contributed by atoms with van der Waals surface area (Å²) in [5.74, 6) is 5.24. The molecule has 4 nitrogen and oxygen atoms in total. The Morgan fingerprint density at radius 2 is 2.27 bits per heavy atom. The normalized spacial score (nSPS) is 11.3. The number of hydrogen-bond acceptors (Lipinski definition) is 2. The van der Waals surface area contributed by atoms with Gasteiger partial charge in [0.1, 0.15) is 5.82 Å². The number of aliphatic imine (C=N–C) groups is 1. The molecule has 0 saturated heterocycles. The number of nitrogens with one attached hydrogen (secondary N) is 2. The van der Waals surface area contributed by atoms with Crippen molar-refractivity contribution in [1.29, 1.82) is 0 Å². The van der Waals surface area contributed by atoms with E-state index in [1.165, 1.54) is 6.07 Å². The van der Waals surface area contributed by atoms with Gasteiger partial charge in [-0.3, -0.25) is 10.4 Å². The number of rotatable bonds is 2. The van der Waals surface area contributed by atoms with E-state index in [4.69, 9.17) is 5.84 Å². The summed E-state index contributed by atoms with van der Waals surface area (Å²) >= 11 is 0. The van der Waals surface area contributed by atoms with Crippen LogP contribution in [0.3, 0.4) is 0 Å². The molecule has 0 aliphatic heterocycles. The fourth-order valence-electron chi connectivity index (χ4n) is 1.14. The molecule has 0 heterocycles. The lowest BCUT2D eigenvalue weighted by Gasteiger charge is -2.10. The van der Waals surface area contributed by atoms with Crippen LogP contribution in [0.25, 0.3) is 0 Å². The molecule has 5 heteroatoms. The summed E-state index contributed by atoms with van der Waals surface area (Å²) in [5, 5.41) is 2.78. The van der Waals surface area contributed by atoms with Gasteiger partial charge < -0.3 is 5.32 Å². The zero-order valence-electron chi connectivity index (χ0n) is 8.84. The van der Waals surface area contributed by atoms with Crippen LogP contribution in [-0.4, -0.2) is 12.5 Å². The Morgan fingerprint density at radius 1 is 1.53 bits per heavy atom. The van der Waals surface area contributed by atoms with Crippen LogP contribution in [0, 0.1) is 12.7 Å². The molecule has 0 fully saturated rings. The van der Waals surface area contributed by atoms with Crippen molar-refractivity contribution in [3.63, 3.8) is 0 Å². The van der Waals surface area contributed by atoms with Crippen molar-refractivity contribution in [3.05, 3.63) is 29.6 Å². The van der Waals surface area contributed by atoms with Crippen molar-refractivity contribution < 1.29 is 4.39 Å². The Kier molecular flexibility index (Phi) is 4.05. The van der Waals surface area contributed by atoms with Crippen molar-refractivity contribution in [2.45, 2.75) is 13.8 Å². The molecule has 0 unspecified atom stereocenters. The highest BCUT2D eigenvalue weighted by Gasteiger charge is 2.03. The summed E-state index contributed by atoms with van der Waals surface area (Å²) in [6, 6.07) is 4.79. The second-order valence-electron chi connectivity index (χ2n) is 3.08. The summed E-state index contributed by atoms with van der Waals surface area (Å²) in [6.07, 6.45) is 0. The molecule has 0 aliphatic rings. The molecule has 0 aromatic heterocycles. The number of benzene rings is 1. The van der Waals surface area contributed by atoms with Gasteiger partial charge in [-0.15, -0.1) is 0 Å². The van der Waals surface area contributed by atoms with Crippen LogP contribution in [-0.2, 0) is 0 Å². The van der Waals surface area contributed by atoms with Crippen LogP contribution in [0.5, 0.6) is 0 Å². The van der Waals surface area contributed by atoms with Crippen LogP contribution in [0.4, 0.5) is 10.1 Å². The number of anilines is 1. The third-order valence-corrected chi connectivity index (χ3v) is 1.83. The van der Waals surface area contributed by atoms with Crippen molar-refractivity contribution in [3.8, 4) is 0 Å². The first kappa shape index (κ1) is 11.5. The summed E-state index contributed by atoms with van der Waals surface area (Å²) in [5.41, 5.74) is 3.70. The number of guanidine groups is 1. The topological polar surface area (TPSA) is 62.4 Å². The molecular weight excluding hydrogens is 195 g/mol. The maximum Gasteiger partial charge on any atom is 0.210 e. The fraction of sp³-hybridized carbons (Fsp3) is 0.300.